The zero-order valence-corrected chi connectivity index (χ0v) is 32.1. The van der Waals surface area contributed by atoms with E-state index < -0.39 is 0 Å². The van der Waals surface area contributed by atoms with Crippen molar-refractivity contribution in [3.05, 3.63) is 76.7 Å². The molecule has 0 amide bonds. The molecular formula is C40H54BClN6O4. The van der Waals surface area contributed by atoms with Crippen molar-refractivity contribution in [1.82, 2.24) is 29.5 Å². The summed E-state index contributed by atoms with van der Waals surface area (Å²) < 4.78 is 27.5. The Balaban J connectivity index is 0.000000127. The first-order chi connectivity index (χ1) is 25.2. The van der Waals surface area contributed by atoms with Crippen molar-refractivity contribution in [3.8, 4) is 11.3 Å². The standard InChI is InChI=1S/C17H21N3O.C14H23BN2O3.C9H10ClN/c1-2-6-15-13(5-1)8-9-18-17(15)14-11-19-20(12-14)16-7-3-4-10-21-16;1-13(2)14(3,4)20-15(19-13)11-9-16-17(10-11)12-7-5-6-8-18-12;10-9-8-4-2-1-3-7(8)5-6-11-9/h8-9,11-12,16H,1-7,10H2;9-10,12H,5-8H2,1-4H3;5-6H,1-4H2. The Kier molecular flexibility index (Phi) is 11.8. The van der Waals surface area contributed by atoms with Crippen molar-refractivity contribution < 1.29 is 18.8 Å². The smallest absolute Gasteiger partial charge is 0.399 e. The largest absolute Gasteiger partial charge is 0.498 e. The fourth-order valence-corrected chi connectivity index (χ4v) is 7.90. The molecule has 2 aliphatic carbocycles. The maximum Gasteiger partial charge on any atom is 0.498 e. The van der Waals surface area contributed by atoms with Gasteiger partial charge in [0.2, 0.25) is 0 Å². The van der Waals surface area contributed by atoms with Gasteiger partial charge < -0.3 is 18.8 Å². The molecule has 5 aliphatic rings. The van der Waals surface area contributed by atoms with Crippen molar-refractivity contribution in [1.29, 1.82) is 0 Å². The van der Waals surface area contributed by atoms with Crippen LogP contribution in [0.5, 0.6) is 0 Å². The molecule has 12 heteroatoms. The average Bonchev–Trinajstić information content (AvgIpc) is 3.92. The van der Waals surface area contributed by atoms with Gasteiger partial charge in [0.1, 0.15) is 17.6 Å². The van der Waals surface area contributed by atoms with E-state index in [1.165, 1.54) is 80.0 Å². The highest BCUT2D eigenvalue weighted by Crippen LogP contribution is 2.37. The Morgan fingerprint density at radius 1 is 0.673 bits per heavy atom. The van der Waals surface area contributed by atoms with E-state index in [0.717, 1.165) is 62.0 Å². The monoisotopic (exact) mass is 728 g/mol. The first-order valence-corrected chi connectivity index (χ1v) is 19.8. The molecule has 0 radical (unpaired) electrons. The molecule has 4 aromatic heterocycles. The lowest BCUT2D eigenvalue weighted by Crippen LogP contribution is -2.41. The SMILES string of the molecule is CC1(C)OB(c2cnn(C3CCCCO3)c2)OC1(C)C.Clc1nccc2c1CCCC2.c1cc2c(c(-c3cnn(C4CCCCO4)c3)n1)CCCC2. The van der Waals surface area contributed by atoms with Crippen LogP contribution >= 0.6 is 11.6 Å². The van der Waals surface area contributed by atoms with Gasteiger partial charge in [-0.25, -0.2) is 14.3 Å². The van der Waals surface area contributed by atoms with Crippen LogP contribution in [0.1, 0.15) is 127 Å². The molecule has 0 saturated carbocycles. The van der Waals surface area contributed by atoms with E-state index in [1.54, 1.807) is 6.20 Å². The summed E-state index contributed by atoms with van der Waals surface area (Å²) in [5.74, 6) is 0. The molecule has 3 saturated heterocycles. The lowest BCUT2D eigenvalue weighted by Gasteiger charge is -2.32. The van der Waals surface area contributed by atoms with Crippen LogP contribution in [0.2, 0.25) is 5.15 Å². The molecule has 52 heavy (non-hydrogen) atoms. The van der Waals surface area contributed by atoms with Crippen LogP contribution in [-0.4, -0.2) is 61.1 Å². The fourth-order valence-electron chi connectivity index (χ4n) is 7.62. The zero-order chi connectivity index (χ0) is 36.1. The normalized spacial score (nSPS) is 23.4. The molecule has 0 aromatic carbocycles. The van der Waals surface area contributed by atoms with Gasteiger partial charge in [-0.15, -0.1) is 0 Å². The Morgan fingerprint density at radius 3 is 1.85 bits per heavy atom. The maximum absolute atomic E-state index is 6.03. The zero-order valence-electron chi connectivity index (χ0n) is 31.4. The summed E-state index contributed by atoms with van der Waals surface area (Å²) in [6.45, 7) is 9.89. The molecule has 0 N–H and O–H groups in total. The van der Waals surface area contributed by atoms with Gasteiger partial charge in [-0.2, -0.15) is 10.2 Å². The minimum Gasteiger partial charge on any atom is -0.399 e. The Bertz CT molecular complexity index is 1760. The second-order valence-electron chi connectivity index (χ2n) is 15.6. The average molecular weight is 729 g/mol. The predicted molar refractivity (Wildman–Crippen MR) is 204 cm³/mol. The van der Waals surface area contributed by atoms with Crippen LogP contribution in [0.4, 0.5) is 0 Å². The van der Waals surface area contributed by atoms with Crippen molar-refractivity contribution in [3.63, 3.8) is 0 Å². The summed E-state index contributed by atoms with van der Waals surface area (Å²) in [5.41, 5.74) is 8.13. The number of rotatable bonds is 4. The van der Waals surface area contributed by atoms with Crippen LogP contribution in [0.15, 0.2) is 49.3 Å². The van der Waals surface area contributed by atoms with Crippen molar-refractivity contribution in [2.24, 2.45) is 0 Å². The van der Waals surface area contributed by atoms with E-state index in [2.05, 4.69) is 66.2 Å². The van der Waals surface area contributed by atoms with Gasteiger partial charge in [0.05, 0.1) is 23.1 Å². The number of pyridine rings is 2. The lowest BCUT2D eigenvalue weighted by atomic mass is 9.82. The van der Waals surface area contributed by atoms with Crippen LogP contribution < -0.4 is 5.46 Å². The second-order valence-corrected chi connectivity index (χ2v) is 16.0. The summed E-state index contributed by atoms with van der Waals surface area (Å²) in [6, 6.07) is 4.26. The number of fused-ring (bicyclic) bond motifs is 2. The first kappa shape index (κ1) is 37.2. The summed E-state index contributed by atoms with van der Waals surface area (Å²) >= 11 is 5.93. The highest BCUT2D eigenvalue weighted by atomic mass is 35.5. The van der Waals surface area contributed by atoms with Crippen LogP contribution in [0.25, 0.3) is 11.3 Å². The molecule has 4 aromatic rings. The summed E-state index contributed by atoms with van der Waals surface area (Å²) in [7, 11) is -0.350. The van der Waals surface area contributed by atoms with Gasteiger partial charge in [0.25, 0.3) is 0 Å². The third-order valence-electron chi connectivity index (χ3n) is 11.4. The van der Waals surface area contributed by atoms with Gasteiger partial charge in [0, 0.05) is 55.2 Å². The molecule has 3 fully saturated rings. The van der Waals surface area contributed by atoms with Crippen molar-refractivity contribution in [2.45, 2.75) is 141 Å². The van der Waals surface area contributed by atoms with E-state index in [0.29, 0.717) is 5.15 Å². The quantitative estimate of drug-likeness (QED) is 0.154. The Morgan fingerprint density at radius 2 is 1.23 bits per heavy atom. The molecule has 3 aliphatic heterocycles. The van der Waals surface area contributed by atoms with Crippen LogP contribution in [0, 0.1) is 0 Å². The summed E-state index contributed by atoms with van der Waals surface area (Å²) in [5, 5.41) is 9.64. The minimum atomic E-state index is -0.350. The van der Waals surface area contributed by atoms with Gasteiger partial charge in [-0.1, -0.05) is 11.6 Å². The third kappa shape index (κ3) is 8.49. The van der Waals surface area contributed by atoms with E-state index >= 15 is 0 Å². The van der Waals surface area contributed by atoms with Crippen molar-refractivity contribution in [2.75, 3.05) is 13.2 Å². The maximum atomic E-state index is 6.03. The molecule has 2 unspecified atom stereocenters. The fraction of sp³-hybridized carbons (Fsp3) is 0.600. The molecule has 7 heterocycles. The van der Waals surface area contributed by atoms with E-state index in [-0.39, 0.29) is 30.8 Å². The van der Waals surface area contributed by atoms with Gasteiger partial charge in [-0.05, 0) is 152 Å². The molecule has 0 spiro atoms. The summed E-state index contributed by atoms with van der Waals surface area (Å²) in [6.07, 6.45) is 28.3. The molecule has 9 rings (SSSR count). The molecule has 10 nitrogen and oxygen atoms in total. The molecule has 278 valence electrons. The van der Waals surface area contributed by atoms with Crippen molar-refractivity contribution >= 4 is 24.2 Å². The van der Waals surface area contributed by atoms with Gasteiger partial charge in [0.15, 0.2) is 0 Å². The number of aryl methyl sites for hydroxylation is 2. The molecule has 2 atom stereocenters. The third-order valence-corrected chi connectivity index (χ3v) is 11.7. The topological polar surface area (TPSA) is 98.3 Å². The Labute approximate surface area is 314 Å². The van der Waals surface area contributed by atoms with Crippen LogP contribution in [-0.2, 0) is 44.5 Å². The second kappa shape index (κ2) is 16.5. The number of halogens is 1. The number of hydrogen-bond donors (Lipinski definition) is 0. The minimum absolute atomic E-state index is 0.0555. The number of hydrogen-bond acceptors (Lipinski definition) is 8. The van der Waals surface area contributed by atoms with Crippen LogP contribution in [0.3, 0.4) is 0 Å². The van der Waals surface area contributed by atoms with Gasteiger partial charge in [-0.3, -0.25) is 4.98 Å². The number of aromatic nitrogens is 6. The van der Waals surface area contributed by atoms with E-state index in [4.69, 9.17) is 30.4 Å². The Hall–Kier alpha value is -3.09. The number of ether oxygens (including phenoxy) is 2. The first-order valence-electron chi connectivity index (χ1n) is 19.4. The molecular weight excluding hydrogens is 675 g/mol. The van der Waals surface area contributed by atoms with Gasteiger partial charge >= 0.3 is 7.12 Å². The molecule has 0 bridgehead atoms. The number of nitrogens with zero attached hydrogens (tertiary/aromatic N) is 6. The summed E-state index contributed by atoms with van der Waals surface area (Å²) in [4.78, 5) is 8.68. The highest BCUT2D eigenvalue weighted by molar-refractivity contribution is 6.62. The highest BCUT2D eigenvalue weighted by Gasteiger charge is 2.52. The lowest BCUT2D eigenvalue weighted by molar-refractivity contribution is -0.0395. The van der Waals surface area contributed by atoms with E-state index in [1.807, 2.05) is 34.2 Å². The van der Waals surface area contributed by atoms with E-state index in [9.17, 15) is 0 Å². The predicted octanol–water partition coefficient (Wildman–Crippen LogP) is 8.02.